The van der Waals surface area contributed by atoms with E-state index in [0.29, 0.717) is 10.0 Å². The van der Waals surface area contributed by atoms with E-state index >= 15 is 0 Å². The predicted octanol–water partition coefficient (Wildman–Crippen LogP) is 0.846. The number of esters is 2. The van der Waals surface area contributed by atoms with Crippen LogP contribution >= 0.6 is 11.3 Å². The average molecular weight is 298 g/mol. The molecular weight excluding hydrogens is 284 g/mol. The van der Waals surface area contributed by atoms with Gasteiger partial charge in [0.1, 0.15) is 4.88 Å². The van der Waals surface area contributed by atoms with Gasteiger partial charge in [0, 0.05) is 13.0 Å². The number of methoxy groups -OCH3 is 1. The Kier molecular flexibility index (Phi) is 4.33. The number of anilines is 1. The molecule has 0 spiro atoms. The summed E-state index contributed by atoms with van der Waals surface area (Å²) >= 11 is 1.07. The summed E-state index contributed by atoms with van der Waals surface area (Å²) in [4.78, 5) is 40.6. The Morgan fingerprint density at radius 1 is 1.55 bits per heavy atom. The fourth-order valence-electron chi connectivity index (χ4n) is 1.90. The third-order valence-corrected chi connectivity index (χ3v) is 3.86. The predicted molar refractivity (Wildman–Crippen MR) is 70.5 cm³/mol. The molecule has 0 aromatic carbocycles. The van der Waals surface area contributed by atoms with Crippen LogP contribution in [0.4, 0.5) is 5.13 Å². The van der Waals surface area contributed by atoms with Crippen LogP contribution in [0, 0.1) is 5.92 Å². The lowest BCUT2D eigenvalue weighted by Gasteiger charge is -2.11. The second-order valence-electron chi connectivity index (χ2n) is 4.16. The fourth-order valence-corrected chi connectivity index (χ4v) is 2.74. The monoisotopic (exact) mass is 298 g/mol. The van der Waals surface area contributed by atoms with Crippen LogP contribution in [0.5, 0.6) is 0 Å². The summed E-state index contributed by atoms with van der Waals surface area (Å²) in [5.74, 6) is -1.57. The molecule has 0 N–H and O–H groups in total. The molecule has 0 saturated carbocycles. The largest absolute Gasteiger partial charge is 0.469 e. The number of thiazole rings is 1. The van der Waals surface area contributed by atoms with Gasteiger partial charge in [-0.25, -0.2) is 9.78 Å². The molecule has 0 bridgehead atoms. The first-order valence-corrected chi connectivity index (χ1v) is 6.89. The lowest BCUT2D eigenvalue weighted by molar-refractivity contribution is -0.145. The molecule has 1 aliphatic heterocycles. The highest BCUT2D eigenvalue weighted by Gasteiger charge is 2.37. The minimum atomic E-state index is -0.484. The molecule has 2 heterocycles. The Morgan fingerprint density at radius 3 is 2.95 bits per heavy atom. The van der Waals surface area contributed by atoms with Crippen molar-refractivity contribution in [3.05, 3.63) is 11.1 Å². The highest BCUT2D eigenvalue weighted by molar-refractivity contribution is 7.17. The third kappa shape index (κ3) is 2.79. The van der Waals surface area contributed by atoms with Crippen molar-refractivity contribution in [3.8, 4) is 0 Å². The molecule has 1 saturated heterocycles. The molecular formula is C12H14N2O5S. The molecule has 1 aromatic rings. The van der Waals surface area contributed by atoms with E-state index in [9.17, 15) is 14.4 Å². The van der Waals surface area contributed by atoms with Crippen LogP contribution in [-0.2, 0) is 19.1 Å². The number of nitrogens with zero attached hydrogens (tertiary/aromatic N) is 2. The second kappa shape index (κ2) is 6.00. The number of hydrogen-bond acceptors (Lipinski definition) is 7. The lowest BCUT2D eigenvalue weighted by Crippen LogP contribution is -2.25. The molecule has 1 aromatic heterocycles. The van der Waals surface area contributed by atoms with Gasteiger partial charge >= 0.3 is 11.9 Å². The van der Waals surface area contributed by atoms with Gasteiger partial charge in [-0.3, -0.25) is 14.5 Å². The number of aromatic nitrogens is 1. The Morgan fingerprint density at radius 2 is 2.30 bits per heavy atom. The number of amides is 1. The van der Waals surface area contributed by atoms with E-state index in [1.165, 1.54) is 18.2 Å². The zero-order valence-corrected chi connectivity index (χ0v) is 11.9. The fraction of sp³-hybridized carbons (Fsp3) is 0.500. The number of rotatable bonds is 4. The molecule has 1 atom stereocenters. The Balaban J connectivity index is 2.11. The summed E-state index contributed by atoms with van der Waals surface area (Å²) in [6, 6.07) is 0. The van der Waals surface area contributed by atoms with Gasteiger partial charge in [0.15, 0.2) is 5.13 Å². The minimum absolute atomic E-state index is 0.0982. The topological polar surface area (TPSA) is 85.8 Å². The van der Waals surface area contributed by atoms with Crippen molar-refractivity contribution in [1.82, 2.24) is 4.98 Å². The van der Waals surface area contributed by atoms with Crippen LogP contribution in [-0.4, -0.2) is 43.1 Å². The standard InChI is InChI=1S/C12H14N2O5S/c1-3-19-11(17)8-5-13-12(20-8)14-6-7(4-9(14)15)10(16)18-2/h5,7H,3-4,6H2,1-2H3. The molecule has 1 fully saturated rings. The van der Waals surface area contributed by atoms with Crippen LogP contribution < -0.4 is 4.90 Å². The van der Waals surface area contributed by atoms with Crippen molar-refractivity contribution in [2.45, 2.75) is 13.3 Å². The van der Waals surface area contributed by atoms with E-state index in [2.05, 4.69) is 9.72 Å². The highest BCUT2D eigenvalue weighted by atomic mass is 32.1. The van der Waals surface area contributed by atoms with Gasteiger partial charge in [-0.2, -0.15) is 0 Å². The molecule has 20 heavy (non-hydrogen) atoms. The smallest absolute Gasteiger partial charge is 0.350 e. The van der Waals surface area contributed by atoms with Crippen molar-refractivity contribution in [1.29, 1.82) is 0 Å². The zero-order chi connectivity index (χ0) is 14.7. The van der Waals surface area contributed by atoms with Gasteiger partial charge in [0.2, 0.25) is 5.91 Å². The molecule has 1 aliphatic rings. The van der Waals surface area contributed by atoms with E-state index in [4.69, 9.17) is 4.74 Å². The maximum atomic E-state index is 11.9. The molecule has 2 rings (SSSR count). The summed E-state index contributed by atoms with van der Waals surface area (Å²) in [7, 11) is 1.29. The zero-order valence-electron chi connectivity index (χ0n) is 11.1. The molecule has 0 aliphatic carbocycles. The molecule has 8 heteroatoms. The van der Waals surface area contributed by atoms with Crippen molar-refractivity contribution >= 4 is 34.3 Å². The highest BCUT2D eigenvalue weighted by Crippen LogP contribution is 2.29. The van der Waals surface area contributed by atoms with Crippen molar-refractivity contribution in [3.63, 3.8) is 0 Å². The van der Waals surface area contributed by atoms with Gasteiger partial charge in [-0.15, -0.1) is 0 Å². The minimum Gasteiger partial charge on any atom is -0.469 e. The maximum Gasteiger partial charge on any atom is 0.350 e. The van der Waals surface area contributed by atoms with Crippen LogP contribution in [0.1, 0.15) is 23.0 Å². The van der Waals surface area contributed by atoms with Gasteiger partial charge < -0.3 is 9.47 Å². The lowest BCUT2D eigenvalue weighted by atomic mass is 10.1. The second-order valence-corrected chi connectivity index (χ2v) is 5.17. The molecule has 1 unspecified atom stereocenters. The van der Waals surface area contributed by atoms with Crippen molar-refractivity contribution < 1.29 is 23.9 Å². The summed E-state index contributed by atoms with van der Waals surface area (Å²) < 4.78 is 9.49. The van der Waals surface area contributed by atoms with Gasteiger partial charge in [0.25, 0.3) is 0 Å². The normalized spacial score (nSPS) is 18.2. The van der Waals surface area contributed by atoms with Crippen LogP contribution in [0.2, 0.25) is 0 Å². The first kappa shape index (κ1) is 14.4. The molecule has 108 valence electrons. The third-order valence-electron chi connectivity index (χ3n) is 2.86. The van der Waals surface area contributed by atoms with E-state index < -0.39 is 17.9 Å². The summed E-state index contributed by atoms with van der Waals surface area (Å²) in [6.07, 6.45) is 1.47. The maximum absolute atomic E-state index is 11.9. The molecule has 0 radical (unpaired) electrons. The molecule has 1 amide bonds. The van der Waals surface area contributed by atoms with E-state index in [0.717, 1.165) is 11.3 Å². The van der Waals surface area contributed by atoms with Gasteiger partial charge in [-0.05, 0) is 6.92 Å². The van der Waals surface area contributed by atoms with E-state index in [-0.39, 0.29) is 25.5 Å². The number of carbonyl (C=O) groups excluding carboxylic acids is 3. The van der Waals surface area contributed by atoms with Crippen LogP contribution in [0.15, 0.2) is 6.20 Å². The first-order valence-electron chi connectivity index (χ1n) is 6.08. The SMILES string of the molecule is CCOC(=O)c1cnc(N2CC(C(=O)OC)CC2=O)s1. The van der Waals surface area contributed by atoms with Crippen molar-refractivity contribution in [2.24, 2.45) is 5.92 Å². The van der Waals surface area contributed by atoms with Crippen molar-refractivity contribution in [2.75, 3.05) is 25.2 Å². The van der Waals surface area contributed by atoms with Gasteiger partial charge in [-0.1, -0.05) is 11.3 Å². The number of hydrogen-bond donors (Lipinski definition) is 0. The van der Waals surface area contributed by atoms with Crippen LogP contribution in [0.3, 0.4) is 0 Å². The quantitative estimate of drug-likeness (QED) is 0.766. The summed E-state index contributed by atoms with van der Waals surface area (Å²) in [6.45, 7) is 2.21. The summed E-state index contributed by atoms with van der Waals surface area (Å²) in [5.41, 5.74) is 0. The van der Waals surface area contributed by atoms with E-state index in [1.807, 2.05) is 0 Å². The van der Waals surface area contributed by atoms with E-state index in [1.54, 1.807) is 6.92 Å². The van der Waals surface area contributed by atoms with Crippen LogP contribution in [0.25, 0.3) is 0 Å². The molecule has 7 nitrogen and oxygen atoms in total. The number of ether oxygens (including phenoxy) is 2. The average Bonchev–Trinajstić information content (AvgIpc) is 3.04. The first-order chi connectivity index (χ1) is 9.56. The summed E-state index contributed by atoms with van der Waals surface area (Å²) in [5, 5.41) is 0.393. The Hall–Kier alpha value is -1.96. The Labute approximate surface area is 119 Å². The number of carbonyl (C=O) groups is 3. The van der Waals surface area contributed by atoms with Gasteiger partial charge in [0.05, 0.1) is 25.8 Å². The Bertz CT molecular complexity index is 542.